The molecular weight excluding hydrogens is 360 g/mol. The predicted molar refractivity (Wildman–Crippen MR) is 122 cm³/mol. The predicted octanol–water partition coefficient (Wildman–Crippen LogP) is 5.89. The van der Waals surface area contributed by atoms with Gasteiger partial charge in [-0.25, -0.2) is 0 Å². The molecule has 1 aliphatic rings. The molecular formula is C21H38N2OS2. The number of carbonyl (C=O) groups excluding carboxylic acids is 1. The highest BCUT2D eigenvalue weighted by atomic mass is 32.2. The fourth-order valence-corrected chi connectivity index (χ4v) is 3.40. The lowest BCUT2D eigenvalue weighted by Crippen LogP contribution is -2.09. The second-order valence-corrected chi connectivity index (χ2v) is 8.28. The van der Waals surface area contributed by atoms with Gasteiger partial charge in [0.1, 0.15) is 4.32 Å². The molecule has 1 amide bonds. The first-order chi connectivity index (χ1) is 12.7. The van der Waals surface area contributed by atoms with Crippen LogP contribution in [0.4, 0.5) is 0 Å². The van der Waals surface area contributed by atoms with E-state index < -0.39 is 0 Å². The lowest BCUT2D eigenvalue weighted by molar-refractivity contribution is -0.118. The number of hydrogen-bond acceptors (Lipinski definition) is 3. The Balaban J connectivity index is 0.000000867. The Morgan fingerprint density at radius 1 is 1.04 bits per heavy atom. The molecule has 0 aromatic rings. The lowest BCUT2D eigenvalue weighted by Gasteiger charge is -1.98. The van der Waals surface area contributed by atoms with Gasteiger partial charge in [0, 0.05) is 18.7 Å². The minimum absolute atomic E-state index is 0.171. The van der Waals surface area contributed by atoms with Crippen LogP contribution >= 0.6 is 24.0 Å². The Labute approximate surface area is 170 Å². The van der Waals surface area contributed by atoms with Crippen LogP contribution in [0, 0.1) is 0 Å². The highest BCUT2D eigenvalue weighted by molar-refractivity contribution is 8.23. The maximum absolute atomic E-state index is 10.5. The Morgan fingerprint density at radius 2 is 1.65 bits per heavy atom. The van der Waals surface area contributed by atoms with Crippen molar-refractivity contribution in [3.8, 4) is 0 Å². The van der Waals surface area contributed by atoms with E-state index in [2.05, 4.69) is 36.5 Å². The molecule has 26 heavy (non-hydrogen) atoms. The molecule has 0 saturated carbocycles. The van der Waals surface area contributed by atoms with E-state index in [1.807, 2.05) is 0 Å². The van der Waals surface area contributed by atoms with E-state index in [1.54, 1.807) is 11.8 Å². The van der Waals surface area contributed by atoms with E-state index in [9.17, 15) is 4.79 Å². The van der Waals surface area contributed by atoms with E-state index in [-0.39, 0.29) is 5.91 Å². The van der Waals surface area contributed by atoms with E-state index >= 15 is 0 Å². The van der Waals surface area contributed by atoms with Crippen molar-refractivity contribution in [3.05, 3.63) is 24.3 Å². The maximum atomic E-state index is 10.5. The molecule has 1 rings (SSSR count). The first-order valence-electron chi connectivity index (χ1n) is 10.2. The summed E-state index contributed by atoms with van der Waals surface area (Å²) in [6.07, 6.45) is 23.0. The van der Waals surface area contributed by atoms with Gasteiger partial charge in [-0.05, 0) is 38.5 Å². The van der Waals surface area contributed by atoms with Crippen LogP contribution in [0.5, 0.6) is 0 Å². The van der Waals surface area contributed by atoms with Crippen molar-refractivity contribution >= 4 is 34.2 Å². The Hall–Kier alpha value is -0.810. The van der Waals surface area contributed by atoms with Crippen molar-refractivity contribution < 1.29 is 4.79 Å². The zero-order valence-electron chi connectivity index (χ0n) is 16.5. The minimum Gasteiger partial charge on any atom is -0.370 e. The molecule has 3 N–H and O–H groups in total. The highest BCUT2D eigenvalue weighted by Crippen LogP contribution is 2.08. The van der Waals surface area contributed by atoms with Crippen LogP contribution in [0.15, 0.2) is 24.3 Å². The standard InChI is InChI=1S/C18H33NO.C3H5NS2/c1-2-3-4-5-6-7-8-9-10-11-12-13-14-15-16-17-18(19)20;5-3-4-1-2-6-3/h6-7,9-10H,2-5,8,11-17H2,1H3,(H2,19,20);1-2H2,(H,4,5)/b7-6-,10-9-;. The highest BCUT2D eigenvalue weighted by Gasteiger charge is 2.01. The summed E-state index contributed by atoms with van der Waals surface area (Å²) < 4.78 is 0.954. The molecule has 0 aromatic heterocycles. The van der Waals surface area contributed by atoms with Crippen LogP contribution in [0.2, 0.25) is 0 Å². The van der Waals surface area contributed by atoms with Gasteiger partial charge in [0.25, 0.3) is 0 Å². The summed E-state index contributed by atoms with van der Waals surface area (Å²) in [6, 6.07) is 0. The smallest absolute Gasteiger partial charge is 0.217 e. The third kappa shape index (κ3) is 21.2. The summed E-state index contributed by atoms with van der Waals surface area (Å²) >= 11 is 6.49. The molecule has 1 heterocycles. The van der Waals surface area contributed by atoms with Crippen molar-refractivity contribution in [3.63, 3.8) is 0 Å². The Morgan fingerprint density at radius 3 is 2.15 bits per heavy atom. The number of unbranched alkanes of at least 4 members (excludes halogenated alkanes) is 8. The normalized spacial score (nSPS) is 13.8. The third-order valence-electron chi connectivity index (χ3n) is 3.98. The summed E-state index contributed by atoms with van der Waals surface area (Å²) in [5, 5.41) is 3.01. The first kappa shape index (κ1) is 25.2. The molecule has 1 fully saturated rings. The number of allylic oxidation sites excluding steroid dienone is 4. The molecule has 0 aliphatic carbocycles. The van der Waals surface area contributed by atoms with Gasteiger partial charge in [0.05, 0.1) is 0 Å². The SMILES string of the molecule is CCCCC/C=C\C/C=C\CCCCCCCC(N)=O.S=C1NCCS1. The van der Waals surface area contributed by atoms with Gasteiger partial charge in [0.15, 0.2) is 0 Å². The average Bonchev–Trinajstić information content (AvgIpc) is 3.09. The van der Waals surface area contributed by atoms with Crippen molar-refractivity contribution in [1.29, 1.82) is 0 Å². The number of amides is 1. The number of thiocarbonyl (C=S) groups is 1. The second kappa shape index (κ2) is 20.5. The van der Waals surface area contributed by atoms with Gasteiger partial charge >= 0.3 is 0 Å². The average molecular weight is 399 g/mol. The quantitative estimate of drug-likeness (QED) is 0.217. The molecule has 1 saturated heterocycles. The van der Waals surface area contributed by atoms with E-state index in [0.29, 0.717) is 6.42 Å². The third-order valence-corrected chi connectivity index (χ3v) is 5.29. The van der Waals surface area contributed by atoms with Gasteiger partial charge in [-0.3, -0.25) is 4.79 Å². The van der Waals surface area contributed by atoms with E-state index in [1.165, 1.54) is 51.4 Å². The number of nitrogens with two attached hydrogens (primary N) is 1. The molecule has 150 valence electrons. The number of thioether (sulfide) groups is 1. The number of primary amides is 1. The summed E-state index contributed by atoms with van der Waals surface area (Å²) in [5.41, 5.74) is 5.09. The van der Waals surface area contributed by atoms with Crippen molar-refractivity contribution in [2.45, 2.75) is 84.0 Å². The maximum Gasteiger partial charge on any atom is 0.217 e. The molecule has 1 aliphatic heterocycles. The number of rotatable bonds is 14. The van der Waals surface area contributed by atoms with Crippen LogP contribution < -0.4 is 11.1 Å². The van der Waals surface area contributed by atoms with Gasteiger partial charge in [-0.1, -0.05) is 87.3 Å². The second-order valence-electron chi connectivity index (χ2n) is 6.51. The largest absolute Gasteiger partial charge is 0.370 e. The molecule has 0 spiro atoms. The van der Waals surface area contributed by atoms with E-state index in [4.69, 9.17) is 18.0 Å². The molecule has 0 radical (unpaired) electrons. The van der Waals surface area contributed by atoms with Crippen molar-refractivity contribution in [2.75, 3.05) is 12.3 Å². The Kier molecular flexibility index (Phi) is 19.9. The topological polar surface area (TPSA) is 55.1 Å². The van der Waals surface area contributed by atoms with Gasteiger partial charge < -0.3 is 11.1 Å². The van der Waals surface area contributed by atoms with Crippen LogP contribution in [0.25, 0.3) is 0 Å². The molecule has 0 unspecified atom stereocenters. The van der Waals surface area contributed by atoms with Gasteiger partial charge in [-0.2, -0.15) is 0 Å². The lowest BCUT2D eigenvalue weighted by atomic mass is 10.1. The fourth-order valence-electron chi connectivity index (χ4n) is 2.46. The Bertz CT molecular complexity index is 401. The fraction of sp³-hybridized carbons (Fsp3) is 0.714. The van der Waals surface area contributed by atoms with Gasteiger partial charge in [-0.15, -0.1) is 0 Å². The van der Waals surface area contributed by atoms with Crippen LogP contribution in [-0.2, 0) is 4.79 Å². The van der Waals surface area contributed by atoms with E-state index in [0.717, 1.165) is 35.9 Å². The van der Waals surface area contributed by atoms with Crippen LogP contribution in [0.1, 0.15) is 84.0 Å². The zero-order valence-corrected chi connectivity index (χ0v) is 18.1. The molecule has 3 nitrogen and oxygen atoms in total. The van der Waals surface area contributed by atoms with Crippen molar-refractivity contribution in [2.24, 2.45) is 5.73 Å². The number of hydrogen-bond donors (Lipinski definition) is 2. The number of nitrogens with one attached hydrogen (secondary N) is 1. The van der Waals surface area contributed by atoms with Crippen molar-refractivity contribution in [1.82, 2.24) is 5.32 Å². The minimum atomic E-state index is -0.171. The summed E-state index contributed by atoms with van der Waals surface area (Å²) in [4.78, 5) is 10.5. The number of carbonyl (C=O) groups is 1. The first-order valence-corrected chi connectivity index (χ1v) is 11.5. The molecule has 0 aromatic carbocycles. The molecule has 5 heteroatoms. The van der Waals surface area contributed by atoms with Crippen LogP contribution in [-0.4, -0.2) is 22.5 Å². The van der Waals surface area contributed by atoms with Crippen LogP contribution in [0.3, 0.4) is 0 Å². The summed E-state index contributed by atoms with van der Waals surface area (Å²) in [5.74, 6) is 0.981. The van der Waals surface area contributed by atoms with Gasteiger partial charge in [0.2, 0.25) is 5.91 Å². The molecule has 0 atom stereocenters. The summed E-state index contributed by atoms with van der Waals surface area (Å²) in [6.45, 7) is 3.30. The monoisotopic (exact) mass is 398 g/mol. The summed E-state index contributed by atoms with van der Waals surface area (Å²) in [7, 11) is 0. The molecule has 0 bridgehead atoms. The zero-order chi connectivity index (χ0) is 19.3.